The summed E-state index contributed by atoms with van der Waals surface area (Å²) >= 11 is 0. The molecule has 0 fully saturated rings. The highest BCUT2D eigenvalue weighted by Crippen LogP contribution is 2.29. The number of nitrogens with zero attached hydrogens (tertiary/aromatic N) is 2. The molecule has 0 unspecified atom stereocenters. The predicted octanol–water partition coefficient (Wildman–Crippen LogP) is 7.70. The second-order valence-corrected chi connectivity index (χ2v) is 14.9. The third-order valence-corrected chi connectivity index (χ3v) is 10.3. The molecule has 8 nitrogen and oxygen atoms in total. The number of benzene rings is 5. The molecule has 5 aromatic carbocycles. The number of rotatable bonds is 15. The lowest BCUT2D eigenvalue weighted by Crippen LogP contribution is -2.53. The van der Waals surface area contributed by atoms with Crippen LogP contribution in [0.4, 0.5) is 5.69 Å². The number of ether oxygens (including phenoxy) is 1. The van der Waals surface area contributed by atoms with Crippen molar-refractivity contribution in [2.24, 2.45) is 5.92 Å². The van der Waals surface area contributed by atoms with Crippen LogP contribution < -0.4 is 14.4 Å². The molecule has 0 radical (unpaired) electrons. The largest absolute Gasteiger partial charge is 0.457 e. The van der Waals surface area contributed by atoms with Crippen LogP contribution in [0.5, 0.6) is 11.5 Å². The van der Waals surface area contributed by atoms with Crippen molar-refractivity contribution < 1.29 is 22.7 Å². The summed E-state index contributed by atoms with van der Waals surface area (Å²) < 4.78 is 35.9. The van der Waals surface area contributed by atoms with Crippen LogP contribution in [-0.4, -0.2) is 44.3 Å². The number of para-hydroxylation sites is 1. The summed E-state index contributed by atoms with van der Waals surface area (Å²) in [4.78, 5) is 30.4. The van der Waals surface area contributed by atoms with Crippen molar-refractivity contribution in [3.8, 4) is 11.5 Å². The molecule has 264 valence electrons. The molecule has 5 aromatic rings. The molecule has 51 heavy (non-hydrogen) atoms. The molecular weight excluding hydrogens is 659 g/mol. The van der Waals surface area contributed by atoms with Crippen LogP contribution in [0.15, 0.2) is 138 Å². The maximum atomic E-state index is 14.8. The van der Waals surface area contributed by atoms with E-state index in [1.54, 1.807) is 36.4 Å². The monoisotopic (exact) mass is 703 g/mol. The summed E-state index contributed by atoms with van der Waals surface area (Å²) in [6.07, 6.45) is 0.249. The Bertz CT molecular complexity index is 2000. The third-order valence-electron chi connectivity index (χ3n) is 8.55. The molecule has 1 atom stereocenters. The first-order valence-electron chi connectivity index (χ1n) is 17.1. The van der Waals surface area contributed by atoms with Gasteiger partial charge in [0.25, 0.3) is 10.0 Å². The van der Waals surface area contributed by atoms with Gasteiger partial charge in [0.1, 0.15) is 24.1 Å². The Hall–Kier alpha value is -5.41. The SMILES string of the molecule is Cc1ccc(S(=O)(=O)N(CC(=O)N(Cc2ccccc2C)[C@H](Cc2ccccc2)C(=O)NCC(C)C)c2ccc(Oc3ccccc3)cc2)cc1. The standard InChI is InChI=1S/C42H45N3O5S/c1-31(2)28-43-42(47)40(27-34-14-7-5-8-15-34)44(29-35-16-12-11-13-33(35)4)41(46)30-45(51(48,49)39-25-19-32(3)20-26-39)36-21-23-38(24-22-36)50-37-17-9-6-10-18-37/h5-26,31,40H,27-30H2,1-4H3,(H,43,47)/t40-/m1/s1. The first-order chi connectivity index (χ1) is 24.5. The molecule has 0 heterocycles. The maximum absolute atomic E-state index is 14.8. The number of hydrogen-bond donors (Lipinski definition) is 1. The predicted molar refractivity (Wildman–Crippen MR) is 202 cm³/mol. The van der Waals surface area contributed by atoms with Gasteiger partial charge in [0.15, 0.2) is 0 Å². The van der Waals surface area contributed by atoms with Crippen molar-refractivity contribution >= 4 is 27.5 Å². The van der Waals surface area contributed by atoms with Gasteiger partial charge in [0.05, 0.1) is 10.6 Å². The van der Waals surface area contributed by atoms with Crippen molar-refractivity contribution in [3.05, 3.63) is 156 Å². The van der Waals surface area contributed by atoms with Gasteiger partial charge in [-0.3, -0.25) is 13.9 Å². The van der Waals surface area contributed by atoms with E-state index < -0.39 is 28.5 Å². The zero-order valence-electron chi connectivity index (χ0n) is 29.5. The fraction of sp³-hybridized carbons (Fsp3) is 0.238. The molecule has 2 amide bonds. The van der Waals surface area contributed by atoms with Gasteiger partial charge in [0.2, 0.25) is 11.8 Å². The highest BCUT2D eigenvalue weighted by molar-refractivity contribution is 7.92. The highest BCUT2D eigenvalue weighted by Gasteiger charge is 2.35. The lowest BCUT2D eigenvalue weighted by atomic mass is 10.0. The summed E-state index contributed by atoms with van der Waals surface area (Å²) in [6, 6.07) is 38.7. The number of carbonyl (C=O) groups is 2. The number of anilines is 1. The van der Waals surface area contributed by atoms with E-state index in [2.05, 4.69) is 5.32 Å². The van der Waals surface area contributed by atoms with E-state index in [4.69, 9.17) is 4.74 Å². The van der Waals surface area contributed by atoms with Crippen molar-refractivity contribution in [2.45, 2.75) is 51.6 Å². The van der Waals surface area contributed by atoms with Gasteiger partial charge >= 0.3 is 0 Å². The van der Waals surface area contributed by atoms with Crippen LogP contribution in [0.1, 0.15) is 36.1 Å². The van der Waals surface area contributed by atoms with E-state index in [1.807, 2.05) is 113 Å². The molecule has 1 N–H and O–H groups in total. The van der Waals surface area contributed by atoms with Crippen molar-refractivity contribution in [1.82, 2.24) is 10.2 Å². The topological polar surface area (TPSA) is 96.0 Å². The normalized spacial score (nSPS) is 11.9. The first-order valence-corrected chi connectivity index (χ1v) is 18.5. The minimum absolute atomic E-state index is 0.0477. The lowest BCUT2D eigenvalue weighted by molar-refractivity contribution is -0.140. The number of amides is 2. The van der Waals surface area contributed by atoms with Crippen LogP contribution in [-0.2, 0) is 32.6 Å². The van der Waals surface area contributed by atoms with Gasteiger partial charge in [-0.2, -0.15) is 0 Å². The lowest BCUT2D eigenvalue weighted by Gasteiger charge is -2.34. The van der Waals surface area contributed by atoms with Crippen LogP contribution in [0, 0.1) is 19.8 Å². The Labute approximate surface area is 301 Å². The Morgan fingerprint density at radius 3 is 1.94 bits per heavy atom. The molecule has 0 aliphatic carbocycles. The molecular formula is C42H45N3O5S. The molecule has 0 saturated heterocycles. The third kappa shape index (κ3) is 9.86. The van der Waals surface area contributed by atoms with Gasteiger partial charge < -0.3 is 15.0 Å². The van der Waals surface area contributed by atoms with E-state index >= 15 is 0 Å². The summed E-state index contributed by atoms with van der Waals surface area (Å²) in [5.41, 5.74) is 3.87. The Kier molecular flexibility index (Phi) is 12.3. The molecule has 0 aliphatic heterocycles. The second kappa shape index (κ2) is 17.0. The van der Waals surface area contributed by atoms with E-state index in [0.29, 0.717) is 18.0 Å². The van der Waals surface area contributed by atoms with Gasteiger partial charge in [-0.05, 0) is 85.0 Å². The van der Waals surface area contributed by atoms with E-state index in [-0.39, 0.29) is 35.4 Å². The number of nitrogens with one attached hydrogen (secondary N) is 1. The van der Waals surface area contributed by atoms with Crippen LogP contribution in [0.25, 0.3) is 0 Å². The van der Waals surface area contributed by atoms with E-state index in [9.17, 15) is 18.0 Å². The zero-order chi connectivity index (χ0) is 36.4. The molecule has 0 aromatic heterocycles. The van der Waals surface area contributed by atoms with Gasteiger partial charge in [0, 0.05) is 19.5 Å². The quantitative estimate of drug-likeness (QED) is 0.121. The Morgan fingerprint density at radius 1 is 0.725 bits per heavy atom. The average Bonchev–Trinajstić information content (AvgIpc) is 3.13. The van der Waals surface area contributed by atoms with Gasteiger partial charge in [-0.1, -0.05) is 104 Å². The maximum Gasteiger partial charge on any atom is 0.264 e. The Balaban J connectivity index is 1.56. The van der Waals surface area contributed by atoms with E-state index in [1.165, 1.54) is 17.0 Å². The van der Waals surface area contributed by atoms with Crippen molar-refractivity contribution in [2.75, 3.05) is 17.4 Å². The zero-order valence-corrected chi connectivity index (χ0v) is 30.3. The number of aryl methyl sites for hydroxylation is 2. The van der Waals surface area contributed by atoms with Gasteiger partial charge in [-0.15, -0.1) is 0 Å². The highest BCUT2D eigenvalue weighted by atomic mass is 32.2. The first kappa shape index (κ1) is 36.9. The summed E-state index contributed by atoms with van der Waals surface area (Å²) in [6.45, 7) is 7.85. The Morgan fingerprint density at radius 2 is 1.31 bits per heavy atom. The van der Waals surface area contributed by atoms with E-state index in [0.717, 1.165) is 26.6 Å². The minimum atomic E-state index is -4.23. The number of hydrogen-bond acceptors (Lipinski definition) is 5. The average molecular weight is 704 g/mol. The second-order valence-electron chi connectivity index (χ2n) is 13.0. The summed E-state index contributed by atoms with van der Waals surface area (Å²) in [5.74, 6) is 0.520. The van der Waals surface area contributed by atoms with Gasteiger partial charge in [-0.25, -0.2) is 8.42 Å². The number of carbonyl (C=O) groups excluding carboxylic acids is 2. The number of sulfonamides is 1. The molecule has 5 rings (SSSR count). The molecule has 9 heteroatoms. The summed E-state index contributed by atoms with van der Waals surface area (Å²) in [7, 11) is -4.23. The fourth-order valence-corrected chi connectivity index (χ4v) is 7.03. The van der Waals surface area contributed by atoms with Crippen LogP contribution >= 0.6 is 0 Å². The fourth-order valence-electron chi connectivity index (χ4n) is 5.62. The minimum Gasteiger partial charge on any atom is -0.457 e. The smallest absolute Gasteiger partial charge is 0.264 e. The molecule has 0 spiro atoms. The molecule has 0 aliphatic rings. The summed E-state index contributed by atoms with van der Waals surface area (Å²) in [5, 5.41) is 3.03. The molecule has 0 saturated carbocycles. The molecule has 0 bridgehead atoms. The van der Waals surface area contributed by atoms with Crippen molar-refractivity contribution in [3.63, 3.8) is 0 Å². The van der Waals surface area contributed by atoms with Crippen molar-refractivity contribution in [1.29, 1.82) is 0 Å². The van der Waals surface area contributed by atoms with Crippen LogP contribution in [0.3, 0.4) is 0 Å². The van der Waals surface area contributed by atoms with Crippen LogP contribution in [0.2, 0.25) is 0 Å².